The van der Waals surface area contributed by atoms with Gasteiger partial charge in [0.05, 0.1) is 12.5 Å². The van der Waals surface area contributed by atoms with Gasteiger partial charge in [-0.2, -0.15) is 11.3 Å². The maximum atomic E-state index is 12.4. The molecule has 3 aromatic heterocycles. The van der Waals surface area contributed by atoms with Crippen molar-refractivity contribution >= 4 is 28.7 Å². The van der Waals surface area contributed by atoms with E-state index in [4.69, 9.17) is 4.42 Å². The van der Waals surface area contributed by atoms with Gasteiger partial charge in [-0.1, -0.05) is 6.07 Å². The summed E-state index contributed by atoms with van der Waals surface area (Å²) in [6, 6.07) is 5.95. The smallest absolute Gasteiger partial charge is 0.317 e. The first-order valence-corrected chi connectivity index (χ1v) is 10.0. The van der Waals surface area contributed by atoms with Crippen LogP contribution < -0.4 is 5.32 Å². The van der Waals surface area contributed by atoms with E-state index >= 15 is 0 Å². The molecule has 4 heterocycles. The average Bonchev–Trinajstić information content (AvgIpc) is 3.41. The number of carbonyl (C=O) groups excluding carboxylic acids is 1. The Morgan fingerprint density at radius 3 is 3.12 bits per heavy atom. The van der Waals surface area contributed by atoms with Gasteiger partial charge in [0, 0.05) is 28.9 Å². The van der Waals surface area contributed by atoms with Crippen LogP contribution in [0.25, 0.3) is 11.5 Å². The van der Waals surface area contributed by atoms with Crippen molar-refractivity contribution in [3.05, 3.63) is 45.1 Å². The molecule has 8 heteroatoms. The SMILES string of the molecule is O=C(NCc1cccs1)N1CCCC(c2nnc(-c3ccsc3)o2)C1. The number of thiophene rings is 2. The van der Waals surface area contributed by atoms with Gasteiger partial charge in [0.2, 0.25) is 11.8 Å². The first-order valence-electron chi connectivity index (χ1n) is 8.21. The fraction of sp³-hybridized carbons (Fsp3) is 0.353. The van der Waals surface area contributed by atoms with E-state index in [1.54, 1.807) is 22.7 Å². The van der Waals surface area contributed by atoms with Crippen molar-refractivity contribution in [1.82, 2.24) is 20.4 Å². The van der Waals surface area contributed by atoms with Crippen LogP contribution in [0.2, 0.25) is 0 Å². The molecule has 1 aliphatic heterocycles. The largest absolute Gasteiger partial charge is 0.420 e. The number of urea groups is 1. The normalized spacial score (nSPS) is 17.6. The second-order valence-electron chi connectivity index (χ2n) is 5.98. The summed E-state index contributed by atoms with van der Waals surface area (Å²) in [5.74, 6) is 1.27. The highest BCUT2D eigenvalue weighted by Crippen LogP contribution is 2.29. The summed E-state index contributed by atoms with van der Waals surface area (Å²) in [4.78, 5) is 15.4. The lowest BCUT2D eigenvalue weighted by Crippen LogP contribution is -2.44. The van der Waals surface area contributed by atoms with Gasteiger partial charge in [0.1, 0.15) is 0 Å². The van der Waals surface area contributed by atoms with Crippen LogP contribution >= 0.6 is 22.7 Å². The number of piperidine rings is 1. The molecule has 1 atom stereocenters. The van der Waals surface area contributed by atoms with Crippen LogP contribution in [0.1, 0.15) is 29.5 Å². The Morgan fingerprint density at radius 1 is 1.36 bits per heavy atom. The molecule has 1 saturated heterocycles. The van der Waals surface area contributed by atoms with E-state index in [0.717, 1.165) is 29.8 Å². The molecule has 130 valence electrons. The molecule has 4 rings (SSSR count). The molecule has 6 nitrogen and oxygen atoms in total. The predicted octanol–water partition coefficient (Wildman–Crippen LogP) is 3.95. The van der Waals surface area contributed by atoms with Gasteiger partial charge in [-0.3, -0.25) is 0 Å². The van der Waals surface area contributed by atoms with Gasteiger partial charge in [-0.25, -0.2) is 4.79 Å². The molecule has 1 N–H and O–H groups in total. The number of amides is 2. The third-order valence-corrected chi connectivity index (χ3v) is 5.82. The van der Waals surface area contributed by atoms with Crippen LogP contribution in [0, 0.1) is 0 Å². The zero-order valence-corrected chi connectivity index (χ0v) is 15.2. The minimum absolute atomic E-state index is 0.0318. The molecule has 1 fully saturated rings. The Morgan fingerprint density at radius 2 is 2.32 bits per heavy atom. The number of hydrogen-bond acceptors (Lipinski definition) is 6. The van der Waals surface area contributed by atoms with Crippen molar-refractivity contribution in [3.8, 4) is 11.5 Å². The highest BCUT2D eigenvalue weighted by molar-refractivity contribution is 7.09. The molecule has 0 radical (unpaired) electrons. The van der Waals surface area contributed by atoms with Gasteiger partial charge < -0.3 is 14.6 Å². The Bertz CT molecular complexity index is 814. The number of likely N-dealkylation sites (tertiary alicyclic amines) is 1. The highest BCUT2D eigenvalue weighted by atomic mass is 32.1. The number of hydrogen-bond donors (Lipinski definition) is 1. The van der Waals surface area contributed by atoms with Gasteiger partial charge >= 0.3 is 6.03 Å². The molecule has 1 unspecified atom stereocenters. The van der Waals surface area contributed by atoms with E-state index in [-0.39, 0.29) is 11.9 Å². The van der Waals surface area contributed by atoms with Crippen molar-refractivity contribution in [2.24, 2.45) is 0 Å². The van der Waals surface area contributed by atoms with Crippen LogP contribution in [0.4, 0.5) is 4.79 Å². The molecule has 0 aromatic carbocycles. The van der Waals surface area contributed by atoms with Crippen LogP contribution in [-0.4, -0.2) is 34.2 Å². The summed E-state index contributed by atoms with van der Waals surface area (Å²) in [5.41, 5.74) is 0.949. The van der Waals surface area contributed by atoms with Crippen molar-refractivity contribution in [1.29, 1.82) is 0 Å². The van der Waals surface area contributed by atoms with E-state index in [9.17, 15) is 4.79 Å². The lowest BCUT2D eigenvalue weighted by Gasteiger charge is -2.31. The Labute approximate surface area is 153 Å². The minimum atomic E-state index is -0.0318. The van der Waals surface area contributed by atoms with Crippen LogP contribution in [0.5, 0.6) is 0 Å². The fourth-order valence-electron chi connectivity index (χ4n) is 2.95. The lowest BCUT2D eigenvalue weighted by molar-refractivity contribution is 0.174. The molecule has 1 aliphatic rings. The topological polar surface area (TPSA) is 71.3 Å². The lowest BCUT2D eigenvalue weighted by atomic mass is 9.98. The van der Waals surface area contributed by atoms with E-state index in [1.807, 2.05) is 39.2 Å². The van der Waals surface area contributed by atoms with Crippen molar-refractivity contribution in [2.45, 2.75) is 25.3 Å². The summed E-state index contributed by atoms with van der Waals surface area (Å²) in [7, 11) is 0. The van der Waals surface area contributed by atoms with Gasteiger partial charge in [-0.05, 0) is 35.7 Å². The number of carbonyl (C=O) groups is 1. The molecular formula is C17H18N4O2S2. The summed E-state index contributed by atoms with van der Waals surface area (Å²) >= 11 is 3.24. The zero-order chi connectivity index (χ0) is 17.1. The number of rotatable bonds is 4. The van der Waals surface area contributed by atoms with Gasteiger partial charge in [0.25, 0.3) is 0 Å². The molecule has 3 aromatic rings. The molecule has 0 bridgehead atoms. The van der Waals surface area contributed by atoms with Crippen LogP contribution in [0.3, 0.4) is 0 Å². The first kappa shape index (κ1) is 16.3. The molecule has 25 heavy (non-hydrogen) atoms. The van der Waals surface area contributed by atoms with Crippen molar-refractivity contribution < 1.29 is 9.21 Å². The van der Waals surface area contributed by atoms with Crippen molar-refractivity contribution in [2.75, 3.05) is 13.1 Å². The van der Waals surface area contributed by atoms with E-state index in [2.05, 4.69) is 15.5 Å². The van der Waals surface area contributed by atoms with Crippen LogP contribution in [0.15, 0.2) is 38.8 Å². The van der Waals surface area contributed by atoms with E-state index < -0.39 is 0 Å². The standard InChI is InChI=1S/C17H18N4O2S2/c22-17(18-9-14-4-2-7-25-14)21-6-1-3-12(10-21)15-19-20-16(23-15)13-5-8-24-11-13/h2,4-5,7-8,11-12H,1,3,6,9-10H2,(H,18,22). The van der Waals surface area contributed by atoms with Gasteiger partial charge in [-0.15, -0.1) is 21.5 Å². The molecule has 0 spiro atoms. The number of nitrogens with one attached hydrogen (secondary N) is 1. The first-order chi connectivity index (χ1) is 12.3. The Balaban J connectivity index is 1.38. The minimum Gasteiger partial charge on any atom is -0.420 e. The second-order valence-corrected chi connectivity index (χ2v) is 7.79. The predicted molar refractivity (Wildman–Crippen MR) is 97.7 cm³/mol. The van der Waals surface area contributed by atoms with Crippen LogP contribution in [-0.2, 0) is 6.54 Å². The average molecular weight is 374 g/mol. The summed E-state index contributed by atoms with van der Waals surface area (Å²) in [6.07, 6.45) is 1.90. The maximum absolute atomic E-state index is 12.4. The monoisotopic (exact) mass is 374 g/mol. The molecule has 0 aliphatic carbocycles. The Kier molecular flexibility index (Phi) is 4.80. The summed E-state index contributed by atoms with van der Waals surface area (Å²) in [5, 5.41) is 17.3. The van der Waals surface area contributed by atoms with E-state index in [0.29, 0.717) is 24.9 Å². The van der Waals surface area contributed by atoms with E-state index in [1.165, 1.54) is 0 Å². The van der Waals surface area contributed by atoms with Crippen molar-refractivity contribution in [3.63, 3.8) is 0 Å². The molecule has 2 amide bonds. The highest BCUT2D eigenvalue weighted by Gasteiger charge is 2.28. The summed E-state index contributed by atoms with van der Waals surface area (Å²) in [6.45, 7) is 1.94. The second kappa shape index (κ2) is 7.37. The zero-order valence-electron chi connectivity index (χ0n) is 13.6. The maximum Gasteiger partial charge on any atom is 0.317 e. The Hall–Kier alpha value is -2.19. The molecule has 0 saturated carbocycles. The number of nitrogens with zero attached hydrogens (tertiary/aromatic N) is 3. The third-order valence-electron chi connectivity index (χ3n) is 4.26. The van der Waals surface area contributed by atoms with Gasteiger partial charge in [0.15, 0.2) is 0 Å². The fourth-order valence-corrected chi connectivity index (χ4v) is 4.23. The summed E-state index contributed by atoms with van der Waals surface area (Å²) < 4.78 is 5.84. The molecular weight excluding hydrogens is 356 g/mol. The number of aromatic nitrogens is 2. The quantitative estimate of drug-likeness (QED) is 0.751. The third kappa shape index (κ3) is 3.74.